The van der Waals surface area contributed by atoms with Gasteiger partial charge in [-0.1, -0.05) is 30.3 Å². The first kappa shape index (κ1) is 14.0. The van der Waals surface area contributed by atoms with Gasteiger partial charge < -0.3 is 10.4 Å². The second-order valence-electron chi connectivity index (χ2n) is 4.44. The van der Waals surface area contributed by atoms with E-state index in [9.17, 15) is 5.11 Å². The molecule has 0 amide bonds. The smallest absolute Gasteiger partial charge is 0.126 e. The van der Waals surface area contributed by atoms with Crippen molar-refractivity contribution in [2.24, 2.45) is 0 Å². The largest absolute Gasteiger partial charge is 0.396 e. The lowest BCUT2D eigenvalue weighted by atomic mass is 10.0. The molecule has 0 aliphatic carbocycles. The Morgan fingerprint density at radius 1 is 1.32 bits per heavy atom. The van der Waals surface area contributed by atoms with Crippen LogP contribution in [0.3, 0.4) is 0 Å². The lowest BCUT2D eigenvalue weighted by molar-refractivity contribution is 0.280. The molecule has 2 N–H and O–H groups in total. The number of halogens is 1. The number of rotatable bonds is 5. The molecular weight excluding hydrogens is 304 g/mol. The molecule has 0 fully saturated rings. The number of anilines is 1. The van der Waals surface area contributed by atoms with Crippen molar-refractivity contribution in [1.82, 2.24) is 4.98 Å². The summed E-state index contributed by atoms with van der Waals surface area (Å²) in [4.78, 5) is 4.35. The first-order chi connectivity index (χ1) is 9.20. The SMILES string of the molecule is Cc1cc(N[C@@H](CCO)c2ccccc2)ncc1Br. The van der Waals surface area contributed by atoms with Crippen LogP contribution in [0.2, 0.25) is 0 Å². The topological polar surface area (TPSA) is 45.1 Å². The third-order valence-corrected chi connectivity index (χ3v) is 3.82. The van der Waals surface area contributed by atoms with Crippen molar-refractivity contribution < 1.29 is 5.11 Å². The Balaban J connectivity index is 2.19. The maximum Gasteiger partial charge on any atom is 0.126 e. The van der Waals surface area contributed by atoms with Gasteiger partial charge in [-0.3, -0.25) is 0 Å². The van der Waals surface area contributed by atoms with Gasteiger partial charge in [-0.05, 0) is 46.5 Å². The van der Waals surface area contributed by atoms with Crippen molar-refractivity contribution in [3.8, 4) is 0 Å². The van der Waals surface area contributed by atoms with Crippen LogP contribution in [0.5, 0.6) is 0 Å². The fraction of sp³-hybridized carbons (Fsp3) is 0.267. The summed E-state index contributed by atoms with van der Waals surface area (Å²) in [6, 6.07) is 12.2. The minimum Gasteiger partial charge on any atom is -0.396 e. The molecule has 0 radical (unpaired) electrons. The van der Waals surface area contributed by atoms with E-state index >= 15 is 0 Å². The van der Waals surface area contributed by atoms with E-state index < -0.39 is 0 Å². The Morgan fingerprint density at radius 3 is 2.68 bits per heavy atom. The highest BCUT2D eigenvalue weighted by molar-refractivity contribution is 9.10. The number of aliphatic hydroxyl groups excluding tert-OH is 1. The van der Waals surface area contributed by atoms with Crippen molar-refractivity contribution in [1.29, 1.82) is 0 Å². The summed E-state index contributed by atoms with van der Waals surface area (Å²) < 4.78 is 0.997. The van der Waals surface area contributed by atoms with Gasteiger partial charge in [0.1, 0.15) is 5.82 Å². The van der Waals surface area contributed by atoms with Crippen molar-refractivity contribution in [3.05, 3.63) is 58.2 Å². The Kier molecular flexibility index (Phi) is 4.93. The standard InChI is InChI=1S/C15H17BrN2O/c1-11-9-15(17-10-13(11)16)18-14(7-8-19)12-5-3-2-4-6-12/h2-6,9-10,14,19H,7-8H2,1H3,(H,17,18)/t14-/m0/s1. The maximum absolute atomic E-state index is 9.21. The number of benzene rings is 1. The van der Waals surface area contributed by atoms with E-state index in [0.717, 1.165) is 21.4 Å². The van der Waals surface area contributed by atoms with E-state index in [-0.39, 0.29) is 12.6 Å². The monoisotopic (exact) mass is 320 g/mol. The van der Waals surface area contributed by atoms with Crippen molar-refractivity contribution in [3.63, 3.8) is 0 Å². The van der Waals surface area contributed by atoms with Gasteiger partial charge in [-0.15, -0.1) is 0 Å². The van der Waals surface area contributed by atoms with Crippen molar-refractivity contribution in [2.45, 2.75) is 19.4 Å². The lowest BCUT2D eigenvalue weighted by Crippen LogP contribution is -2.13. The van der Waals surface area contributed by atoms with E-state index in [4.69, 9.17) is 0 Å². The van der Waals surface area contributed by atoms with Gasteiger partial charge in [0.15, 0.2) is 0 Å². The summed E-state index contributed by atoms with van der Waals surface area (Å²) in [5.74, 6) is 0.822. The molecule has 19 heavy (non-hydrogen) atoms. The maximum atomic E-state index is 9.21. The molecule has 1 heterocycles. The summed E-state index contributed by atoms with van der Waals surface area (Å²) in [5, 5.41) is 12.6. The van der Waals surface area contributed by atoms with Gasteiger partial charge >= 0.3 is 0 Å². The van der Waals surface area contributed by atoms with Crippen LogP contribution in [-0.2, 0) is 0 Å². The molecule has 0 saturated carbocycles. The summed E-state index contributed by atoms with van der Waals surface area (Å²) >= 11 is 3.44. The van der Waals surface area contributed by atoms with Gasteiger partial charge in [0, 0.05) is 17.3 Å². The van der Waals surface area contributed by atoms with Crippen LogP contribution in [0.25, 0.3) is 0 Å². The molecule has 0 spiro atoms. The van der Waals surface area contributed by atoms with Crippen LogP contribution in [0.4, 0.5) is 5.82 Å². The van der Waals surface area contributed by atoms with E-state index in [2.05, 4.69) is 38.4 Å². The molecule has 0 saturated heterocycles. The van der Waals surface area contributed by atoms with Crippen LogP contribution in [0.1, 0.15) is 23.6 Å². The summed E-state index contributed by atoms with van der Waals surface area (Å²) in [6.07, 6.45) is 2.44. The van der Waals surface area contributed by atoms with Gasteiger partial charge in [0.05, 0.1) is 6.04 Å². The van der Waals surface area contributed by atoms with E-state index in [1.54, 1.807) is 6.20 Å². The number of hydrogen-bond donors (Lipinski definition) is 2. The molecule has 3 nitrogen and oxygen atoms in total. The summed E-state index contributed by atoms with van der Waals surface area (Å²) in [5.41, 5.74) is 2.28. The van der Waals surface area contributed by atoms with Gasteiger partial charge in [-0.25, -0.2) is 4.98 Å². The highest BCUT2D eigenvalue weighted by Crippen LogP contribution is 2.23. The first-order valence-corrected chi connectivity index (χ1v) is 7.04. The summed E-state index contributed by atoms with van der Waals surface area (Å²) in [7, 11) is 0. The fourth-order valence-corrected chi connectivity index (χ4v) is 2.15. The lowest BCUT2D eigenvalue weighted by Gasteiger charge is -2.19. The van der Waals surface area contributed by atoms with Gasteiger partial charge in [0.2, 0.25) is 0 Å². The molecule has 0 bridgehead atoms. The van der Waals surface area contributed by atoms with E-state index in [1.165, 1.54) is 0 Å². The molecule has 4 heteroatoms. The second-order valence-corrected chi connectivity index (χ2v) is 5.29. The quantitative estimate of drug-likeness (QED) is 0.883. The highest BCUT2D eigenvalue weighted by Gasteiger charge is 2.11. The third-order valence-electron chi connectivity index (χ3n) is 2.99. The molecule has 1 atom stereocenters. The number of hydrogen-bond acceptors (Lipinski definition) is 3. The second kappa shape index (κ2) is 6.68. The van der Waals surface area contributed by atoms with Crippen molar-refractivity contribution in [2.75, 3.05) is 11.9 Å². The third kappa shape index (κ3) is 3.78. The Bertz CT molecular complexity index is 531. The zero-order valence-corrected chi connectivity index (χ0v) is 12.4. The van der Waals surface area contributed by atoms with E-state index in [1.807, 2.05) is 31.2 Å². The molecule has 0 aliphatic rings. The molecule has 2 aromatic rings. The van der Waals surface area contributed by atoms with E-state index in [0.29, 0.717) is 6.42 Å². The molecule has 1 aromatic heterocycles. The number of aromatic nitrogens is 1. The van der Waals surface area contributed by atoms with Crippen LogP contribution in [0, 0.1) is 6.92 Å². The Hall–Kier alpha value is -1.39. The number of nitrogens with zero attached hydrogens (tertiary/aromatic N) is 1. The fourth-order valence-electron chi connectivity index (χ4n) is 1.93. The molecule has 0 unspecified atom stereocenters. The van der Waals surface area contributed by atoms with Crippen LogP contribution in [-0.4, -0.2) is 16.7 Å². The number of pyridine rings is 1. The van der Waals surface area contributed by atoms with Crippen LogP contribution >= 0.6 is 15.9 Å². The Labute approximate surface area is 121 Å². The normalized spacial score (nSPS) is 12.2. The zero-order valence-electron chi connectivity index (χ0n) is 10.8. The average molecular weight is 321 g/mol. The molecule has 0 aliphatic heterocycles. The van der Waals surface area contributed by atoms with Crippen LogP contribution < -0.4 is 5.32 Å². The molecule has 1 aromatic carbocycles. The van der Waals surface area contributed by atoms with Crippen molar-refractivity contribution >= 4 is 21.7 Å². The van der Waals surface area contributed by atoms with Gasteiger partial charge in [0.25, 0.3) is 0 Å². The van der Waals surface area contributed by atoms with Gasteiger partial charge in [-0.2, -0.15) is 0 Å². The zero-order chi connectivity index (χ0) is 13.7. The minimum atomic E-state index is 0.0688. The molecular formula is C15H17BrN2O. The molecule has 100 valence electrons. The first-order valence-electron chi connectivity index (χ1n) is 6.25. The minimum absolute atomic E-state index is 0.0688. The summed E-state index contributed by atoms with van der Waals surface area (Å²) in [6.45, 7) is 2.17. The predicted molar refractivity (Wildman–Crippen MR) is 81.2 cm³/mol. The number of aliphatic hydroxyl groups is 1. The number of nitrogens with one attached hydrogen (secondary N) is 1. The number of aryl methyl sites for hydroxylation is 1. The highest BCUT2D eigenvalue weighted by atomic mass is 79.9. The molecule has 2 rings (SSSR count). The average Bonchev–Trinajstić information content (AvgIpc) is 2.43. The van der Waals surface area contributed by atoms with Crippen LogP contribution in [0.15, 0.2) is 47.1 Å². The predicted octanol–water partition coefficient (Wildman–Crippen LogP) is 3.69. The Morgan fingerprint density at radius 2 is 2.05 bits per heavy atom.